The molecule has 1 aromatic carbocycles. The minimum atomic E-state index is -1.93. The van der Waals surface area contributed by atoms with E-state index in [1.54, 1.807) is 28.5 Å². The molecule has 0 unspecified atom stereocenters. The van der Waals surface area contributed by atoms with E-state index in [0.29, 0.717) is 54.3 Å². The number of aromatic nitrogens is 2. The number of esters is 1. The highest BCUT2D eigenvalue weighted by atomic mass is 16.7. The van der Waals surface area contributed by atoms with Crippen LogP contribution < -0.4 is 20.3 Å². The maximum absolute atomic E-state index is 13.7. The largest absolute Gasteiger partial charge is 0.458 e. The molecule has 42 heavy (non-hydrogen) atoms. The van der Waals surface area contributed by atoms with Gasteiger partial charge in [-0.05, 0) is 37.5 Å². The Morgan fingerprint density at radius 2 is 1.98 bits per heavy atom. The Morgan fingerprint density at radius 3 is 2.71 bits per heavy atom. The van der Waals surface area contributed by atoms with Crippen LogP contribution in [0.1, 0.15) is 42.5 Å². The van der Waals surface area contributed by atoms with E-state index in [4.69, 9.17) is 23.9 Å². The van der Waals surface area contributed by atoms with Crippen molar-refractivity contribution in [2.45, 2.75) is 45.4 Å². The first-order valence-electron chi connectivity index (χ1n) is 13.8. The van der Waals surface area contributed by atoms with Gasteiger partial charge in [-0.3, -0.25) is 14.4 Å². The molecular weight excluding hydrogens is 548 g/mol. The molecule has 0 bridgehead atoms. The number of fused-ring (bicyclic) bond motifs is 6. The van der Waals surface area contributed by atoms with Crippen LogP contribution in [0.3, 0.4) is 0 Å². The molecule has 2 N–H and O–H groups in total. The lowest BCUT2D eigenvalue weighted by molar-refractivity contribution is -0.172. The van der Waals surface area contributed by atoms with Gasteiger partial charge in [-0.1, -0.05) is 6.92 Å². The number of ether oxygens (including phenoxy) is 4. The van der Waals surface area contributed by atoms with Gasteiger partial charge >= 0.3 is 5.97 Å². The van der Waals surface area contributed by atoms with Crippen LogP contribution in [0.25, 0.3) is 22.3 Å². The zero-order valence-electron chi connectivity index (χ0n) is 23.2. The van der Waals surface area contributed by atoms with Gasteiger partial charge in [-0.25, -0.2) is 9.78 Å². The fourth-order valence-corrected chi connectivity index (χ4v) is 5.87. The number of carbonyl (C=O) groups is 3. The van der Waals surface area contributed by atoms with E-state index >= 15 is 0 Å². The van der Waals surface area contributed by atoms with Crippen molar-refractivity contribution >= 4 is 29.2 Å². The fourth-order valence-electron chi connectivity index (χ4n) is 5.87. The number of pyridine rings is 2. The molecule has 3 aliphatic heterocycles. The third-order valence-corrected chi connectivity index (χ3v) is 8.16. The summed E-state index contributed by atoms with van der Waals surface area (Å²) in [4.78, 5) is 56.1. The zero-order chi connectivity index (χ0) is 29.6. The first-order chi connectivity index (χ1) is 20.3. The Bertz CT molecular complexity index is 1680. The Hall–Kier alpha value is -4.49. The number of likely N-dealkylation sites (N-methyl/N-ethyl adjacent to an activating group) is 1. The van der Waals surface area contributed by atoms with Crippen molar-refractivity contribution in [2.75, 3.05) is 33.2 Å². The van der Waals surface area contributed by atoms with Gasteiger partial charge in [0, 0.05) is 35.7 Å². The lowest BCUT2D eigenvalue weighted by atomic mass is 9.86. The van der Waals surface area contributed by atoms with Crippen molar-refractivity contribution in [3.05, 3.63) is 50.8 Å². The van der Waals surface area contributed by atoms with Gasteiger partial charge in [0.25, 0.3) is 5.56 Å². The average Bonchev–Trinajstić information content (AvgIpc) is 3.60. The number of rotatable bonds is 10. The molecule has 220 valence electrons. The van der Waals surface area contributed by atoms with Crippen LogP contribution >= 0.6 is 0 Å². The van der Waals surface area contributed by atoms with Crippen molar-refractivity contribution in [3.63, 3.8) is 0 Å². The van der Waals surface area contributed by atoms with E-state index in [1.165, 1.54) is 0 Å². The number of aliphatic hydroxyl groups is 1. The van der Waals surface area contributed by atoms with Crippen LogP contribution in [0.15, 0.2) is 23.0 Å². The maximum atomic E-state index is 13.7. The molecular formula is C29H30N4O9. The lowest BCUT2D eigenvalue weighted by Gasteiger charge is -2.31. The highest BCUT2D eigenvalue weighted by Crippen LogP contribution is 2.43. The number of carbonyl (C=O) groups excluding carboxylic acids is 3. The normalized spacial score (nSPS) is 17.8. The summed E-state index contributed by atoms with van der Waals surface area (Å²) in [6.45, 7) is 4.18. The minimum Gasteiger partial charge on any atom is -0.458 e. The molecule has 13 heteroatoms. The van der Waals surface area contributed by atoms with Crippen molar-refractivity contribution in [1.82, 2.24) is 19.8 Å². The van der Waals surface area contributed by atoms with Crippen LogP contribution in [0.2, 0.25) is 0 Å². The summed E-state index contributed by atoms with van der Waals surface area (Å²) >= 11 is 0. The molecule has 0 radical (unpaired) electrons. The average molecular weight is 579 g/mol. The number of cyclic esters (lactones) is 1. The molecule has 5 heterocycles. The molecule has 3 aromatic rings. The summed E-state index contributed by atoms with van der Waals surface area (Å²) in [6, 6.07) is 5.33. The van der Waals surface area contributed by atoms with Crippen LogP contribution in [-0.2, 0) is 49.0 Å². The summed E-state index contributed by atoms with van der Waals surface area (Å²) in [5, 5.41) is 14.4. The second kappa shape index (κ2) is 10.7. The zero-order valence-corrected chi connectivity index (χ0v) is 23.2. The number of nitrogens with one attached hydrogen (secondary N) is 1. The molecule has 0 spiro atoms. The van der Waals surface area contributed by atoms with Crippen LogP contribution in [0, 0.1) is 0 Å². The lowest BCUT2D eigenvalue weighted by Crippen LogP contribution is -2.44. The number of benzene rings is 1. The maximum Gasteiger partial charge on any atom is 0.343 e. The third kappa shape index (κ3) is 4.36. The Kier molecular flexibility index (Phi) is 7.07. The standard InChI is InChI=1S/C29H30N4O9/c1-3-29(38)20-8-22-26-18(10-33(22)27(36)19(20)11-40-28(29)37)16(5-6-32(4-2)25(35)12-39-14-30-13-34)17-7-23-24(42-15-41-23)9-21(17)31-26/h7-9,13,38H,3-6,10-12,14-15H2,1-2H3,(H,30,34)/t29-/m0/s1. The predicted molar refractivity (Wildman–Crippen MR) is 147 cm³/mol. The number of amides is 2. The first kappa shape index (κ1) is 27.7. The van der Waals surface area contributed by atoms with E-state index in [2.05, 4.69) is 5.32 Å². The summed E-state index contributed by atoms with van der Waals surface area (Å²) in [5.74, 6) is 0.122. The SMILES string of the molecule is CCN(CCc1c2c(nc3cc4c(cc13)OCO4)-c1cc3c(c(=O)n1C2)COC(=O)[C@]3(O)CC)C(=O)COCNC=O. The molecule has 0 saturated carbocycles. The van der Waals surface area contributed by atoms with Gasteiger partial charge in [0.15, 0.2) is 17.1 Å². The van der Waals surface area contributed by atoms with E-state index in [1.807, 2.05) is 13.0 Å². The molecule has 0 saturated heterocycles. The summed E-state index contributed by atoms with van der Waals surface area (Å²) in [6.07, 6.45) is 0.983. The summed E-state index contributed by atoms with van der Waals surface area (Å²) in [7, 11) is 0. The summed E-state index contributed by atoms with van der Waals surface area (Å²) in [5.41, 5.74) is 1.58. The molecule has 3 aliphatic rings. The molecule has 2 amide bonds. The molecule has 13 nitrogen and oxygen atoms in total. The molecule has 2 aromatic heterocycles. The number of nitrogens with zero attached hydrogens (tertiary/aromatic N) is 3. The van der Waals surface area contributed by atoms with E-state index in [9.17, 15) is 24.3 Å². The van der Waals surface area contributed by atoms with Crippen molar-refractivity contribution in [1.29, 1.82) is 0 Å². The monoisotopic (exact) mass is 578 g/mol. The van der Waals surface area contributed by atoms with Crippen LogP contribution in [0.4, 0.5) is 0 Å². The van der Waals surface area contributed by atoms with Gasteiger partial charge in [-0.15, -0.1) is 0 Å². The Labute approximate surface area is 239 Å². The van der Waals surface area contributed by atoms with Gasteiger partial charge < -0.3 is 38.8 Å². The Morgan fingerprint density at radius 1 is 1.19 bits per heavy atom. The van der Waals surface area contributed by atoms with Gasteiger partial charge in [0.1, 0.15) is 19.9 Å². The summed E-state index contributed by atoms with van der Waals surface area (Å²) < 4.78 is 23.2. The van der Waals surface area contributed by atoms with Gasteiger partial charge in [-0.2, -0.15) is 0 Å². The minimum absolute atomic E-state index is 0.0459. The number of hydrogen-bond donors (Lipinski definition) is 2. The molecule has 0 aliphatic carbocycles. The fraction of sp³-hybridized carbons (Fsp3) is 0.414. The quantitative estimate of drug-likeness (QED) is 0.120. The topological polar surface area (TPSA) is 159 Å². The molecule has 6 rings (SSSR count). The first-order valence-corrected chi connectivity index (χ1v) is 13.8. The molecule has 0 fully saturated rings. The number of hydrogen-bond acceptors (Lipinski definition) is 10. The second-order valence-electron chi connectivity index (χ2n) is 10.3. The Balaban J connectivity index is 1.44. The smallest absolute Gasteiger partial charge is 0.343 e. The van der Waals surface area contributed by atoms with Crippen molar-refractivity contribution in [3.8, 4) is 22.9 Å². The van der Waals surface area contributed by atoms with Crippen LogP contribution in [0.5, 0.6) is 11.5 Å². The van der Waals surface area contributed by atoms with E-state index < -0.39 is 11.6 Å². The van der Waals surface area contributed by atoms with Crippen molar-refractivity contribution in [2.24, 2.45) is 0 Å². The predicted octanol–water partition coefficient (Wildman–Crippen LogP) is 0.919. The van der Waals surface area contributed by atoms with E-state index in [0.717, 1.165) is 16.5 Å². The highest BCUT2D eigenvalue weighted by molar-refractivity contribution is 5.91. The van der Waals surface area contributed by atoms with Crippen LogP contribution in [-0.4, -0.2) is 71.1 Å². The molecule has 1 atom stereocenters. The van der Waals surface area contributed by atoms with Gasteiger partial charge in [0.2, 0.25) is 19.1 Å². The van der Waals surface area contributed by atoms with Gasteiger partial charge in [0.05, 0.1) is 29.0 Å². The highest BCUT2D eigenvalue weighted by Gasteiger charge is 2.45. The second-order valence-corrected chi connectivity index (χ2v) is 10.3. The van der Waals surface area contributed by atoms with E-state index in [-0.39, 0.29) is 62.3 Å². The van der Waals surface area contributed by atoms with Crippen molar-refractivity contribution < 1.29 is 38.4 Å². The third-order valence-electron chi connectivity index (χ3n) is 8.16.